The van der Waals surface area contributed by atoms with Crippen LogP contribution in [0.5, 0.6) is 5.75 Å². The number of allylic oxidation sites excluding steroid dienone is 7. The van der Waals surface area contributed by atoms with E-state index in [1.807, 2.05) is 24.3 Å². The lowest BCUT2D eigenvalue weighted by atomic mass is 9.81. The first-order valence-electron chi connectivity index (χ1n) is 20.7. The molecule has 1 aliphatic carbocycles. The highest BCUT2D eigenvalue weighted by Gasteiger charge is 2.44. The third-order valence-electron chi connectivity index (χ3n) is 11.5. The summed E-state index contributed by atoms with van der Waals surface area (Å²) in [5.74, 6) is 1.48. The molecule has 0 radical (unpaired) electrons. The number of carbonyl (C=O) groups is 1. The normalized spacial score (nSPS) is 18.2. The van der Waals surface area contributed by atoms with Crippen molar-refractivity contribution in [3.05, 3.63) is 147 Å². The van der Waals surface area contributed by atoms with Crippen LogP contribution in [0.15, 0.2) is 120 Å². The van der Waals surface area contributed by atoms with Gasteiger partial charge in [0.2, 0.25) is 28.1 Å². The van der Waals surface area contributed by atoms with Crippen LogP contribution in [0.25, 0.3) is 0 Å². The van der Waals surface area contributed by atoms with Gasteiger partial charge < -0.3 is 9.64 Å². The maximum absolute atomic E-state index is 12.6. The summed E-state index contributed by atoms with van der Waals surface area (Å²) in [6.07, 6.45) is 15.0. The largest absolute Gasteiger partial charge is 0.457 e. The maximum atomic E-state index is 12.6. The number of benzene rings is 3. The number of hydrogen-bond acceptors (Lipinski definition) is 7. The van der Waals surface area contributed by atoms with Crippen LogP contribution in [0.2, 0.25) is 10.6 Å². The van der Waals surface area contributed by atoms with Gasteiger partial charge in [-0.3, -0.25) is 15.6 Å². The summed E-state index contributed by atoms with van der Waals surface area (Å²) >= 11 is 11.7. The van der Waals surface area contributed by atoms with E-state index in [1.54, 1.807) is 0 Å². The van der Waals surface area contributed by atoms with Crippen LogP contribution >= 0.6 is 23.2 Å². The average molecular weight is 832 g/mol. The minimum absolute atomic E-state index is 0.0601. The molecule has 0 saturated carbocycles. The SMILES string of the molecule is CCCN1/C(=C/C=C2\CCCC(/C=C/C3=[N+](CCC)c4ccccc4C3(C)C)=C2Oc2ccc(CCC(=O)NNc3nc(Cl)nc(Cl)n3)cc2)C(C)(C)c2ccccc21. The molecular weight excluding hydrogens is 777 g/mol. The number of carbonyl (C=O) groups excluding carboxylic acids is 1. The molecule has 11 heteroatoms. The number of rotatable bonds is 14. The van der Waals surface area contributed by atoms with Gasteiger partial charge in [0, 0.05) is 53.9 Å². The van der Waals surface area contributed by atoms with Gasteiger partial charge in [-0.2, -0.15) is 19.5 Å². The second-order valence-electron chi connectivity index (χ2n) is 16.4. The number of aryl methyl sites for hydroxylation is 1. The highest BCUT2D eigenvalue weighted by atomic mass is 35.5. The highest BCUT2D eigenvalue weighted by molar-refractivity contribution is 6.31. The molecule has 0 bridgehead atoms. The maximum Gasteiger partial charge on any atom is 0.247 e. The predicted molar refractivity (Wildman–Crippen MR) is 240 cm³/mol. The number of hydrogen-bond donors (Lipinski definition) is 2. The van der Waals surface area contributed by atoms with Crippen LogP contribution in [0.3, 0.4) is 0 Å². The fraction of sp³-hybridized carbons (Fsp3) is 0.354. The van der Waals surface area contributed by atoms with E-state index in [0.717, 1.165) is 62.3 Å². The first kappa shape index (κ1) is 41.9. The molecule has 0 saturated heterocycles. The lowest BCUT2D eigenvalue weighted by Crippen LogP contribution is -2.30. The van der Waals surface area contributed by atoms with Gasteiger partial charge in [0.15, 0.2) is 5.71 Å². The molecule has 59 heavy (non-hydrogen) atoms. The molecule has 7 rings (SSSR count). The molecule has 3 heterocycles. The second kappa shape index (κ2) is 17.9. The highest BCUT2D eigenvalue weighted by Crippen LogP contribution is 2.48. The Morgan fingerprint density at radius 1 is 0.847 bits per heavy atom. The zero-order chi connectivity index (χ0) is 41.7. The Morgan fingerprint density at radius 2 is 1.56 bits per heavy atom. The molecule has 2 N–H and O–H groups in total. The van der Waals surface area contributed by atoms with Crippen molar-refractivity contribution < 1.29 is 14.1 Å². The molecule has 1 aromatic heterocycles. The Hall–Kier alpha value is -5.25. The number of para-hydroxylation sites is 2. The third-order valence-corrected chi connectivity index (χ3v) is 11.9. The van der Waals surface area contributed by atoms with Crippen molar-refractivity contribution >= 4 is 52.1 Å². The van der Waals surface area contributed by atoms with Crippen LogP contribution in [-0.2, 0) is 22.0 Å². The van der Waals surface area contributed by atoms with E-state index in [4.69, 9.17) is 27.9 Å². The van der Waals surface area contributed by atoms with Gasteiger partial charge in [-0.25, -0.2) is 0 Å². The molecule has 2 aliphatic heterocycles. The molecule has 0 atom stereocenters. The van der Waals surface area contributed by atoms with E-state index >= 15 is 0 Å². The smallest absolute Gasteiger partial charge is 0.247 e. The standard InChI is InChI=1S/C48H53Cl2N7O2/c1-7-30-56-38-18-11-9-16-36(38)47(3,4)40(56)27-23-33-14-13-15-34(24-28-41-48(5,6)37-17-10-12-19-39(37)57(41)31-8-2)43(33)59-35-25-20-32(21-26-35)22-29-42(58)54-55-46-52-44(49)51-45(50)53-46/h9-12,16-21,23-28H,7-8,13-15,22,29-31H2,1-6H3,(H-,51,52,53,54,55,58)/p+1. The molecule has 0 unspecified atom stereocenters. The van der Waals surface area contributed by atoms with Crippen LogP contribution in [0, 0.1) is 0 Å². The lowest BCUT2D eigenvalue weighted by molar-refractivity contribution is -0.437. The fourth-order valence-corrected chi connectivity index (χ4v) is 8.96. The molecule has 0 spiro atoms. The van der Waals surface area contributed by atoms with E-state index in [-0.39, 0.29) is 39.7 Å². The number of halogens is 2. The number of ether oxygens (including phenoxy) is 1. The molecule has 3 aromatic carbocycles. The van der Waals surface area contributed by atoms with Gasteiger partial charge >= 0.3 is 0 Å². The van der Waals surface area contributed by atoms with E-state index in [9.17, 15) is 4.79 Å². The second-order valence-corrected chi connectivity index (χ2v) is 17.1. The number of nitrogens with zero attached hydrogens (tertiary/aromatic N) is 5. The summed E-state index contributed by atoms with van der Waals surface area (Å²) in [5.41, 5.74) is 16.2. The van der Waals surface area contributed by atoms with Crippen molar-refractivity contribution in [3.63, 3.8) is 0 Å². The molecule has 1 amide bonds. The number of hydrazine groups is 1. The zero-order valence-electron chi connectivity index (χ0n) is 34.9. The molecular formula is C48H54Cl2N7O2+. The van der Waals surface area contributed by atoms with E-state index in [1.165, 1.54) is 45.1 Å². The van der Waals surface area contributed by atoms with Crippen molar-refractivity contribution in [2.24, 2.45) is 0 Å². The van der Waals surface area contributed by atoms with Crippen LogP contribution in [0.4, 0.5) is 17.3 Å². The minimum atomic E-state index is -0.236. The number of anilines is 2. The van der Waals surface area contributed by atoms with Crippen molar-refractivity contribution in [3.8, 4) is 5.75 Å². The van der Waals surface area contributed by atoms with E-state index < -0.39 is 0 Å². The van der Waals surface area contributed by atoms with Gasteiger partial charge in [0.25, 0.3) is 0 Å². The fourth-order valence-electron chi connectivity index (χ4n) is 8.59. The summed E-state index contributed by atoms with van der Waals surface area (Å²) in [6, 6.07) is 25.6. The Labute approximate surface area is 358 Å². The van der Waals surface area contributed by atoms with Crippen molar-refractivity contribution in [2.75, 3.05) is 23.4 Å². The minimum Gasteiger partial charge on any atom is -0.457 e. The summed E-state index contributed by atoms with van der Waals surface area (Å²) in [5, 5.41) is -0.140. The quantitative estimate of drug-likeness (QED) is 0.0965. The van der Waals surface area contributed by atoms with E-state index in [0.29, 0.717) is 6.42 Å². The van der Waals surface area contributed by atoms with Gasteiger partial charge in [-0.15, -0.1) is 0 Å². The summed E-state index contributed by atoms with van der Waals surface area (Å²) in [7, 11) is 0. The predicted octanol–water partition coefficient (Wildman–Crippen LogP) is 11.1. The van der Waals surface area contributed by atoms with Gasteiger partial charge in [-0.05, 0) is 122 Å². The number of amides is 1. The lowest BCUT2D eigenvalue weighted by Gasteiger charge is -2.27. The topological polar surface area (TPSA) is 95.3 Å². The van der Waals surface area contributed by atoms with Crippen molar-refractivity contribution in [1.29, 1.82) is 0 Å². The first-order valence-corrected chi connectivity index (χ1v) is 21.5. The van der Waals surface area contributed by atoms with Crippen LogP contribution in [-0.4, -0.2) is 44.2 Å². The summed E-state index contributed by atoms with van der Waals surface area (Å²) in [4.78, 5) is 26.6. The van der Waals surface area contributed by atoms with Gasteiger partial charge in [-0.1, -0.05) is 82.3 Å². The molecule has 306 valence electrons. The number of nitrogens with one attached hydrogen (secondary N) is 2. The molecule has 3 aliphatic rings. The average Bonchev–Trinajstić information content (AvgIpc) is 3.56. The molecule has 4 aromatic rings. The zero-order valence-corrected chi connectivity index (χ0v) is 36.4. The molecule has 0 fully saturated rings. The van der Waals surface area contributed by atoms with Gasteiger partial charge in [0.05, 0.1) is 5.41 Å². The Bertz CT molecular complexity index is 2360. The number of aromatic nitrogens is 3. The Balaban J connectivity index is 1.18. The summed E-state index contributed by atoms with van der Waals surface area (Å²) < 4.78 is 9.43. The molecule has 9 nitrogen and oxygen atoms in total. The van der Waals surface area contributed by atoms with Gasteiger partial charge in [0.1, 0.15) is 18.1 Å². The van der Waals surface area contributed by atoms with Crippen molar-refractivity contribution in [1.82, 2.24) is 20.4 Å². The summed E-state index contributed by atoms with van der Waals surface area (Å²) in [6.45, 7) is 15.7. The first-order chi connectivity index (χ1) is 28.4. The Kier molecular flexibility index (Phi) is 12.7. The Morgan fingerprint density at radius 3 is 2.29 bits per heavy atom. The number of fused-ring (bicyclic) bond motifs is 2. The van der Waals surface area contributed by atoms with E-state index in [2.05, 4.69) is 150 Å². The van der Waals surface area contributed by atoms with Crippen LogP contribution in [0.1, 0.15) is 96.8 Å². The van der Waals surface area contributed by atoms with Crippen LogP contribution < -0.4 is 20.5 Å². The van der Waals surface area contributed by atoms with Crippen molar-refractivity contribution in [2.45, 2.75) is 97.3 Å². The third kappa shape index (κ3) is 9.02. The monoisotopic (exact) mass is 830 g/mol.